The van der Waals surface area contributed by atoms with Gasteiger partial charge in [0.2, 0.25) is 11.7 Å². The van der Waals surface area contributed by atoms with Gasteiger partial charge in [-0.1, -0.05) is 17.8 Å². The van der Waals surface area contributed by atoms with E-state index in [0.717, 1.165) is 98.0 Å². The van der Waals surface area contributed by atoms with Crippen molar-refractivity contribution in [3.63, 3.8) is 0 Å². The number of amides is 3. The molecule has 2 fully saturated rings. The van der Waals surface area contributed by atoms with Crippen LogP contribution in [0.4, 0.5) is 17.3 Å². The predicted molar refractivity (Wildman–Crippen MR) is 242 cm³/mol. The first-order valence-corrected chi connectivity index (χ1v) is 22.1. The van der Waals surface area contributed by atoms with E-state index in [1.165, 1.54) is 0 Å². The number of piperidine rings is 1. The number of hydrogen-bond donors (Lipinski definition) is 6. The fourth-order valence-corrected chi connectivity index (χ4v) is 9.12. The van der Waals surface area contributed by atoms with Crippen LogP contribution in [0.2, 0.25) is 0 Å². The van der Waals surface area contributed by atoms with Gasteiger partial charge < -0.3 is 40.7 Å². The number of anilines is 3. The van der Waals surface area contributed by atoms with Crippen molar-refractivity contribution in [3.8, 4) is 11.1 Å². The van der Waals surface area contributed by atoms with Crippen molar-refractivity contribution < 1.29 is 18.9 Å². The predicted octanol–water partition coefficient (Wildman–Crippen LogP) is 7.02. The summed E-state index contributed by atoms with van der Waals surface area (Å²) in [5.41, 5.74) is 10.3. The molecular formula is C47H51N13O4. The largest absolute Gasteiger partial charge is 0.385 e. The molecule has 3 amide bonds. The van der Waals surface area contributed by atoms with Crippen LogP contribution in [-0.4, -0.2) is 81.6 Å². The highest BCUT2D eigenvalue weighted by Gasteiger charge is 2.39. The van der Waals surface area contributed by atoms with Crippen LogP contribution < -0.4 is 21.3 Å². The van der Waals surface area contributed by atoms with Crippen LogP contribution in [0, 0.1) is 20.8 Å². The molecule has 17 nitrogen and oxygen atoms in total. The van der Waals surface area contributed by atoms with Gasteiger partial charge in [0.15, 0.2) is 0 Å². The number of fused-ring (bicyclic) bond motifs is 4. The summed E-state index contributed by atoms with van der Waals surface area (Å²) in [4.78, 5) is 62.5. The molecule has 1 saturated heterocycles. The molecule has 3 aliphatic rings. The van der Waals surface area contributed by atoms with E-state index >= 15 is 0 Å². The highest BCUT2D eigenvalue weighted by atomic mass is 16.5. The fraction of sp³-hybridized carbons (Fsp3) is 0.362. The Labute approximate surface area is 368 Å². The van der Waals surface area contributed by atoms with E-state index in [1.807, 2.05) is 36.7 Å². The summed E-state index contributed by atoms with van der Waals surface area (Å²) in [7, 11) is 0. The van der Waals surface area contributed by atoms with Crippen LogP contribution in [0.3, 0.4) is 0 Å². The standard InChI is InChI=1S/C47H51N13O4/c1-6-60-39(21-35(57-60)28-13-14-28)54-43-41-32-19-24(2)31(40-26(4)58-64-27(40)5)20-36(32)53-42(41)55-44(56-43)46(62)49-18-16-29-22-50-38(52-29)11-8-17-48-34-10-7-9-30-33(34)23-59(47(30)63)37-15-12-25(3)51-45(37)61/h7,9-10,19-22,28,37,48H,3,6,8,11-18,23H2,1-2,4-5H3,(H,49,62)(H,50,52)(H,51,61)(H2,53,54,55,56). The van der Waals surface area contributed by atoms with Gasteiger partial charge in [-0.05, 0) is 95.2 Å². The van der Waals surface area contributed by atoms with Gasteiger partial charge in [-0.2, -0.15) is 5.10 Å². The van der Waals surface area contributed by atoms with Gasteiger partial charge in [-0.3, -0.25) is 14.4 Å². The van der Waals surface area contributed by atoms with Gasteiger partial charge in [0.1, 0.15) is 34.9 Å². The van der Waals surface area contributed by atoms with Crippen molar-refractivity contribution in [2.75, 3.05) is 23.7 Å². The summed E-state index contributed by atoms with van der Waals surface area (Å²) in [6.07, 6.45) is 7.34. The zero-order valence-electron chi connectivity index (χ0n) is 36.4. The topological polar surface area (TPSA) is 217 Å². The van der Waals surface area contributed by atoms with E-state index in [1.54, 1.807) is 11.1 Å². The average Bonchev–Trinajstić information content (AvgIpc) is 3.52. The number of allylic oxidation sites excluding steroid dienone is 1. The van der Waals surface area contributed by atoms with Crippen molar-refractivity contribution in [2.24, 2.45) is 0 Å². The summed E-state index contributed by atoms with van der Waals surface area (Å²) < 4.78 is 7.45. The minimum Gasteiger partial charge on any atom is -0.385 e. The van der Waals surface area contributed by atoms with Crippen molar-refractivity contribution >= 4 is 57.0 Å². The number of benzene rings is 2. The molecule has 0 spiro atoms. The molecule has 7 heterocycles. The number of rotatable bonds is 15. The minimum absolute atomic E-state index is 0.0407. The van der Waals surface area contributed by atoms with E-state index < -0.39 is 11.9 Å². The van der Waals surface area contributed by atoms with E-state index in [2.05, 4.69) is 80.0 Å². The molecule has 0 radical (unpaired) electrons. The lowest BCUT2D eigenvalue weighted by Gasteiger charge is -2.31. The zero-order valence-corrected chi connectivity index (χ0v) is 36.4. The molecule has 1 unspecified atom stereocenters. The van der Waals surface area contributed by atoms with E-state index in [0.29, 0.717) is 80.5 Å². The number of aromatic amines is 2. The molecule has 1 saturated carbocycles. The van der Waals surface area contributed by atoms with Crippen LogP contribution in [0.1, 0.15) is 106 Å². The summed E-state index contributed by atoms with van der Waals surface area (Å²) in [5.74, 6) is 2.75. The van der Waals surface area contributed by atoms with Crippen LogP contribution in [0.25, 0.3) is 33.1 Å². The molecule has 6 N–H and O–H groups in total. The zero-order chi connectivity index (χ0) is 44.2. The Balaban J connectivity index is 0.800. The first-order chi connectivity index (χ1) is 31.0. The Hall–Kier alpha value is -7.30. The summed E-state index contributed by atoms with van der Waals surface area (Å²) in [6.45, 7) is 13.9. The first-order valence-electron chi connectivity index (χ1n) is 22.1. The Kier molecular flexibility index (Phi) is 10.5. The second-order valence-electron chi connectivity index (χ2n) is 17.1. The van der Waals surface area contributed by atoms with Gasteiger partial charge in [0, 0.05) is 102 Å². The lowest BCUT2D eigenvalue weighted by atomic mass is 9.97. The number of nitrogens with one attached hydrogen (secondary N) is 6. The second kappa shape index (κ2) is 16.4. The third-order valence-corrected chi connectivity index (χ3v) is 12.6. The monoisotopic (exact) mass is 861 g/mol. The fourth-order valence-electron chi connectivity index (χ4n) is 9.12. The second-order valence-corrected chi connectivity index (χ2v) is 17.1. The number of aromatic nitrogens is 8. The van der Waals surface area contributed by atoms with Gasteiger partial charge in [-0.25, -0.2) is 19.6 Å². The smallest absolute Gasteiger partial charge is 0.289 e. The molecule has 10 rings (SSSR count). The molecular weight excluding hydrogens is 811 g/mol. The lowest BCUT2D eigenvalue weighted by Crippen LogP contribution is -2.49. The Morgan fingerprint density at radius 3 is 2.66 bits per heavy atom. The van der Waals surface area contributed by atoms with Crippen molar-refractivity contribution in [1.29, 1.82) is 0 Å². The SMILES string of the molecule is C=C1CCC(N2Cc3c(NCCCc4ncc(CCNC(=O)c5nc(Nc6cc(C7CC7)nn6CC)c6c(n5)[nH]c5cc(-c7c(C)noc7C)c(C)cc56)[nH]4)cccc3C2=O)C(=O)N1. The molecule has 2 aliphatic heterocycles. The minimum atomic E-state index is -0.499. The van der Waals surface area contributed by atoms with Crippen LogP contribution in [0.15, 0.2) is 59.4 Å². The van der Waals surface area contributed by atoms with E-state index in [9.17, 15) is 14.4 Å². The summed E-state index contributed by atoms with van der Waals surface area (Å²) in [6, 6.07) is 11.5. The highest BCUT2D eigenvalue weighted by molar-refractivity contribution is 6.13. The van der Waals surface area contributed by atoms with Gasteiger partial charge >= 0.3 is 0 Å². The lowest BCUT2D eigenvalue weighted by molar-refractivity contribution is -0.126. The third kappa shape index (κ3) is 7.64. The quantitative estimate of drug-likeness (QED) is 0.0576. The average molecular weight is 862 g/mol. The molecule has 5 aromatic heterocycles. The highest BCUT2D eigenvalue weighted by Crippen LogP contribution is 2.42. The molecule has 328 valence electrons. The van der Waals surface area contributed by atoms with Gasteiger partial charge in [0.25, 0.3) is 11.8 Å². The number of hydrogen-bond acceptors (Lipinski definition) is 11. The molecule has 2 aromatic carbocycles. The summed E-state index contributed by atoms with van der Waals surface area (Å²) in [5, 5.41) is 23.6. The van der Waals surface area contributed by atoms with E-state index in [-0.39, 0.29) is 17.6 Å². The number of carbonyl (C=O) groups excluding carboxylic acids is 3. The molecule has 0 bridgehead atoms. The number of carbonyl (C=O) groups is 3. The Morgan fingerprint density at radius 2 is 1.88 bits per heavy atom. The third-order valence-electron chi connectivity index (χ3n) is 12.6. The van der Waals surface area contributed by atoms with Crippen LogP contribution >= 0.6 is 0 Å². The number of nitrogens with zero attached hydrogens (tertiary/aromatic N) is 7. The van der Waals surface area contributed by atoms with E-state index in [4.69, 9.17) is 19.6 Å². The van der Waals surface area contributed by atoms with Crippen molar-refractivity contribution in [2.45, 2.75) is 97.7 Å². The molecule has 64 heavy (non-hydrogen) atoms. The molecule has 1 atom stereocenters. The van der Waals surface area contributed by atoms with Crippen molar-refractivity contribution in [3.05, 3.63) is 106 Å². The summed E-state index contributed by atoms with van der Waals surface area (Å²) >= 11 is 0. The maximum atomic E-state index is 13.8. The van der Waals surface area contributed by atoms with Crippen LogP contribution in [0.5, 0.6) is 0 Å². The molecule has 17 heteroatoms. The Bertz CT molecular complexity index is 2990. The molecule has 7 aromatic rings. The van der Waals surface area contributed by atoms with Gasteiger partial charge in [0.05, 0.1) is 16.8 Å². The number of imidazole rings is 1. The normalized spacial score (nSPS) is 16.2. The van der Waals surface area contributed by atoms with Crippen LogP contribution in [-0.2, 0) is 30.7 Å². The number of aryl methyl sites for hydroxylation is 5. The van der Waals surface area contributed by atoms with Gasteiger partial charge in [-0.15, -0.1) is 0 Å². The Morgan fingerprint density at radius 1 is 1.02 bits per heavy atom. The maximum absolute atomic E-state index is 13.8. The molecule has 1 aliphatic carbocycles. The first kappa shape index (κ1) is 40.8. The number of H-pyrrole nitrogens is 2. The maximum Gasteiger partial charge on any atom is 0.289 e. The van der Waals surface area contributed by atoms with Crippen molar-refractivity contribution in [1.82, 2.24) is 55.4 Å².